The van der Waals surface area contributed by atoms with Crippen LogP contribution < -0.4 is 5.56 Å². The number of nitrogens with zero attached hydrogens (tertiary/aromatic N) is 5. The molecule has 2 aromatic rings. The highest BCUT2D eigenvalue weighted by atomic mass is 19.4. The van der Waals surface area contributed by atoms with Gasteiger partial charge in [0, 0.05) is 18.8 Å². The van der Waals surface area contributed by atoms with Crippen LogP contribution in [0.15, 0.2) is 23.1 Å². The van der Waals surface area contributed by atoms with E-state index in [2.05, 4.69) is 15.5 Å². The molecule has 0 bridgehead atoms. The van der Waals surface area contributed by atoms with Gasteiger partial charge < -0.3 is 4.57 Å². The first-order chi connectivity index (χ1) is 9.91. The van der Waals surface area contributed by atoms with E-state index >= 15 is 0 Å². The normalized spacial score (nSPS) is 11.8. The van der Waals surface area contributed by atoms with E-state index in [0.29, 0.717) is 12.4 Å². The Kier molecular flexibility index (Phi) is 4.39. The second kappa shape index (κ2) is 6.06. The third-order valence-corrected chi connectivity index (χ3v) is 2.95. The number of hydrogen-bond acceptors (Lipinski definition) is 4. The summed E-state index contributed by atoms with van der Waals surface area (Å²) < 4.78 is 40.4. The molecule has 0 radical (unpaired) electrons. The maximum absolute atomic E-state index is 12.7. The first-order valence-corrected chi connectivity index (χ1v) is 6.44. The number of hydrogen-bond donors (Lipinski definition) is 0. The third-order valence-electron chi connectivity index (χ3n) is 2.95. The van der Waals surface area contributed by atoms with Crippen molar-refractivity contribution in [2.24, 2.45) is 0 Å². The van der Waals surface area contributed by atoms with Gasteiger partial charge in [-0.05, 0) is 22.9 Å². The van der Waals surface area contributed by atoms with Gasteiger partial charge in [-0.3, -0.25) is 4.79 Å². The van der Waals surface area contributed by atoms with Gasteiger partial charge in [0.25, 0.3) is 5.56 Å². The molecule has 0 N–H and O–H groups in total. The summed E-state index contributed by atoms with van der Waals surface area (Å²) in [6.45, 7) is 2.47. The Morgan fingerprint density at radius 3 is 2.71 bits per heavy atom. The number of aromatic nitrogens is 5. The van der Waals surface area contributed by atoms with Crippen molar-refractivity contribution < 1.29 is 13.2 Å². The van der Waals surface area contributed by atoms with Crippen LogP contribution in [0, 0.1) is 0 Å². The highest BCUT2D eigenvalue weighted by Crippen LogP contribution is 2.28. The predicted molar refractivity (Wildman–Crippen MR) is 67.5 cm³/mol. The average molecular weight is 301 g/mol. The fourth-order valence-electron chi connectivity index (χ4n) is 1.79. The molecular formula is C12H14F3N5O. The minimum Gasteiger partial charge on any atom is -0.307 e. The minimum absolute atomic E-state index is 0.0978. The Morgan fingerprint density at radius 1 is 1.29 bits per heavy atom. The molecule has 0 saturated carbocycles. The van der Waals surface area contributed by atoms with E-state index in [0.717, 1.165) is 35.7 Å². The van der Waals surface area contributed by atoms with Gasteiger partial charge in [-0.2, -0.15) is 13.2 Å². The molecule has 21 heavy (non-hydrogen) atoms. The van der Waals surface area contributed by atoms with Gasteiger partial charge in [0.2, 0.25) is 0 Å². The smallest absolute Gasteiger partial charge is 0.307 e. The van der Waals surface area contributed by atoms with Gasteiger partial charge in [0.15, 0.2) is 5.82 Å². The molecule has 114 valence electrons. The van der Waals surface area contributed by atoms with E-state index in [1.807, 2.05) is 6.92 Å². The summed E-state index contributed by atoms with van der Waals surface area (Å²) in [4.78, 5) is 11.7. The fourth-order valence-corrected chi connectivity index (χ4v) is 1.79. The van der Waals surface area contributed by atoms with Gasteiger partial charge in [-0.15, -0.1) is 5.10 Å². The Balaban J connectivity index is 2.27. The monoisotopic (exact) mass is 301 g/mol. The quantitative estimate of drug-likeness (QED) is 0.843. The molecule has 0 saturated heterocycles. The largest absolute Gasteiger partial charge is 0.417 e. The number of halogens is 3. The Bertz CT molecular complexity index is 661. The van der Waals surface area contributed by atoms with E-state index < -0.39 is 17.3 Å². The van der Waals surface area contributed by atoms with E-state index in [1.54, 1.807) is 0 Å². The lowest BCUT2D eigenvalue weighted by Gasteiger charge is -2.10. The first-order valence-electron chi connectivity index (χ1n) is 6.44. The summed E-state index contributed by atoms with van der Waals surface area (Å²) in [5, 5.41) is 11.0. The highest BCUT2D eigenvalue weighted by molar-refractivity contribution is 5.14. The number of unbranched alkanes of at least 4 members (excludes halogenated alkanes) is 1. The molecule has 0 fully saturated rings. The summed E-state index contributed by atoms with van der Waals surface area (Å²) >= 11 is 0. The maximum Gasteiger partial charge on any atom is 0.417 e. The van der Waals surface area contributed by atoms with Crippen molar-refractivity contribution in [1.82, 2.24) is 24.8 Å². The molecule has 2 rings (SSSR count). The number of alkyl halides is 3. The van der Waals surface area contributed by atoms with Crippen molar-refractivity contribution in [3.63, 3.8) is 0 Å². The van der Waals surface area contributed by atoms with Crippen LogP contribution >= 0.6 is 0 Å². The van der Waals surface area contributed by atoms with E-state index in [1.165, 1.54) is 4.68 Å². The molecule has 0 unspecified atom stereocenters. The lowest BCUT2D eigenvalue weighted by molar-refractivity contribution is -0.138. The van der Waals surface area contributed by atoms with Crippen molar-refractivity contribution in [1.29, 1.82) is 0 Å². The Labute approximate surface area is 118 Å². The predicted octanol–water partition coefficient (Wildman–Crippen LogP) is 1.70. The number of pyridine rings is 1. The summed E-state index contributed by atoms with van der Waals surface area (Å²) in [6.07, 6.45) is -1.94. The lowest BCUT2D eigenvalue weighted by atomic mass is 10.2. The van der Waals surface area contributed by atoms with Crippen LogP contribution in [0.3, 0.4) is 0 Å². The second-order valence-corrected chi connectivity index (χ2v) is 4.55. The molecule has 9 heteroatoms. The molecule has 0 aliphatic carbocycles. The minimum atomic E-state index is -4.50. The van der Waals surface area contributed by atoms with Gasteiger partial charge >= 0.3 is 6.18 Å². The van der Waals surface area contributed by atoms with E-state index in [9.17, 15) is 18.0 Å². The van der Waals surface area contributed by atoms with Gasteiger partial charge in [0.05, 0.1) is 12.1 Å². The van der Waals surface area contributed by atoms with Crippen LogP contribution in [0.4, 0.5) is 13.2 Å². The molecule has 0 atom stereocenters. The standard InChI is InChI=1S/C12H14F3N5O/c1-2-3-6-20-10(16-17-18-20)8-19-7-9(12(13,14)15)4-5-11(19)21/h4-5,7H,2-3,6,8H2,1H3. The topological polar surface area (TPSA) is 65.6 Å². The molecule has 0 aliphatic heterocycles. The van der Waals surface area contributed by atoms with Crippen LogP contribution in [0.2, 0.25) is 0 Å². The van der Waals surface area contributed by atoms with Crippen molar-refractivity contribution in [3.05, 3.63) is 40.1 Å². The number of aryl methyl sites for hydroxylation is 1. The molecule has 0 aliphatic rings. The maximum atomic E-state index is 12.7. The summed E-state index contributed by atoms with van der Waals surface area (Å²) in [6, 6.07) is 1.65. The van der Waals surface area contributed by atoms with Crippen molar-refractivity contribution in [2.45, 2.75) is 39.0 Å². The van der Waals surface area contributed by atoms with Crippen LogP contribution in [0.25, 0.3) is 0 Å². The summed E-state index contributed by atoms with van der Waals surface area (Å²) in [5.74, 6) is 0.352. The van der Waals surface area contributed by atoms with E-state index in [-0.39, 0.29) is 6.54 Å². The molecule has 2 aromatic heterocycles. The van der Waals surface area contributed by atoms with Gasteiger partial charge in [-0.1, -0.05) is 13.3 Å². The molecule has 2 heterocycles. The molecule has 0 aromatic carbocycles. The van der Waals surface area contributed by atoms with Crippen molar-refractivity contribution in [2.75, 3.05) is 0 Å². The molecule has 0 spiro atoms. The Morgan fingerprint density at radius 2 is 2.05 bits per heavy atom. The lowest BCUT2D eigenvalue weighted by Crippen LogP contribution is -2.23. The SMILES string of the molecule is CCCCn1nnnc1Cn1cc(C(F)(F)F)ccc1=O. The van der Waals surface area contributed by atoms with Crippen LogP contribution in [-0.2, 0) is 19.3 Å². The van der Waals surface area contributed by atoms with Crippen molar-refractivity contribution >= 4 is 0 Å². The van der Waals surface area contributed by atoms with Gasteiger partial charge in [0.1, 0.15) is 0 Å². The second-order valence-electron chi connectivity index (χ2n) is 4.55. The number of tetrazole rings is 1. The molecular weight excluding hydrogens is 287 g/mol. The zero-order valence-electron chi connectivity index (χ0n) is 11.3. The fraction of sp³-hybridized carbons (Fsp3) is 0.500. The first kappa shape index (κ1) is 15.2. The zero-order chi connectivity index (χ0) is 15.5. The molecule has 0 amide bonds. The number of rotatable bonds is 5. The van der Waals surface area contributed by atoms with Gasteiger partial charge in [-0.25, -0.2) is 4.68 Å². The molecule has 6 nitrogen and oxygen atoms in total. The highest BCUT2D eigenvalue weighted by Gasteiger charge is 2.31. The summed E-state index contributed by atoms with van der Waals surface area (Å²) in [7, 11) is 0. The van der Waals surface area contributed by atoms with Crippen LogP contribution in [-0.4, -0.2) is 24.8 Å². The van der Waals surface area contributed by atoms with Crippen LogP contribution in [0.1, 0.15) is 31.2 Å². The van der Waals surface area contributed by atoms with Crippen molar-refractivity contribution in [3.8, 4) is 0 Å². The summed E-state index contributed by atoms with van der Waals surface area (Å²) in [5.41, 5.74) is -1.41. The third kappa shape index (κ3) is 3.67. The Hall–Kier alpha value is -2.19. The zero-order valence-corrected chi connectivity index (χ0v) is 11.3. The average Bonchev–Trinajstić information content (AvgIpc) is 2.85. The van der Waals surface area contributed by atoms with Crippen LogP contribution in [0.5, 0.6) is 0 Å². The van der Waals surface area contributed by atoms with E-state index in [4.69, 9.17) is 0 Å².